The van der Waals surface area contributed by atoms with Crippen molar-refractivity contribution in [3.63, 3.8) is 0 Å². The minimum atomic E-state index is 0.0460. The number of thiazole rings is 1. The van der Waals surface area contributed by atoms with E-state index < -0.39 is 0 Å². The van der Waals surface area contributed by atoms with Crippen LogP contribution in [0.3, 0.4) is 0 Å². The summed E-state index contributed by atoms with van der Waals surface area (Å²) in [6.07, 6.45) is 2.12. The number of carbonyl (C=O) groups is 1. The van der Waals surface area contributed by atoms with E-state index in [4.69, 9.17) is 15.6 Å². The summed E-state index contributed by atoms with van der Waals surface area (Å²) in [6.45, 7) is 1.82. The summed E-state index contributed by atoms with van der Waals surface area (Å²) in [5.41, 5.74) is 6.28. The van der Waals surface area contributed by atoms with Crippen molar-refractivity contribution in [2.45, 2.75) is 25.4 Å². The Balaban J connectivity index is 1.76. The van der Waals surface area contributed by atoms with Crippen LogP contribution in [-0.4, -0.2) is 53.3 Å². The molecule has 1 saturated heterocycles. The molecule has 1 aliphatic heterocycles. The SMILES string of the molecule is Nc1nc(CC(=O)N2CCC(OCCO)CC2)cs1. The van der Waals surface area contributed by atoms with E-state index in [9.17, 15) is 4.79 Å². The van der Waals surface area contributed by atoms with Gasteiger partial charge in [0.1, 0.15) is 0 Å². The highest BCUT2D eigenvalue weighted by Crippen LogP contribution is 2.16. The van der Waals surface area contributed by atoms with E-state index in [-0.39, 0.29) is 18.6 Å². The number of anilines is 1. The molecule has 0 aromatic carbocycles. The van der Waals surface area contributed by atoms with Crippen molar-refractivity contribution >= 4 is 22.4 Å². The van der Waals surface area contributed by atoms with Gasteiger partial charge in [-0.25, -0.2) is 4.98 Å². The molecule has 0 spiro atoms. The van der Waals surface area contributed by atoms with E-state index in [0.717, 1.165) is 18.5 Å². The number of likely N-dealkylation sites (tertiary alicyclic amines) is 1. The third-order valence-electron chi connectivity index (χ3n) is 3.14. The van der Waals surface area contributed by atoms with Gasteiger partial charge in [0, 0.05) is 18.5 Å². The summed E-state index contributed by atoms with van der Waals surface area (Å²) in [6, 6.07) is 0. The van der Waals surface area contributed by atoms with Gasteiger partial charge in [-0.1, -0.05) is 0 Å². The van der Waals surface area contributed by atoms with Crippen molar-refractivity contribution in [2.75, 3.05) is 32.0 Å². The average Bonchev–Trinajstić information content (AvgIpc) is 2.82. The van der Waals surface area contributed by atoms with Crippen molar-refractivity contribution in [3.8, 4) is 0 Å². The van der Waals surface area contributed by atoms with Crippen LogP contribution < -0.4 is 5.73 Å². The summed E-state index contributed by atoms with van der Waals surface area (Å²) >= 11 is 1.35. The van der Waals surface area contributed by atoms with Gasteiger partial charge < -0.3 is 20.5 Å². The minimum Gasteiger partial charge on any atom is -0.394 e. The van der Waals surface area contributed by atoms with Crippen LogP contribution in [0.15, 0.2) is 5.38 Å². The zero-order chi connectivity index (χ0) is 13.7. The van der Waals surface area contributed by atoms with Crippen LogP contribution >= 0.6 is 11.3 Å². The molecule has 1 aromatic heterocycles. The van der Waals surface area contributed by atoms with Gasteiger partial charge in [-0.2, -0.15) is 0 Å². The number of hydrogen-bond acceptors (Lipinski definition) is 6. The van der Waals surface area contributed by atoms with Gasteiger partial charge in [0.2, 0.25) is 5.91 Å². The zero-order valence-electron chi connectivity index (χ0n) is 10.7. The third kappa shape index (κ3) is 4.15. The van der Waals surface area contributed by atoms with Crippen LogP contribution in [0.5, 0.6) is 0 Å². The topological polar surface area (TPSA) is 88.7 Å². The number of aliphatic hydroxyl groups is 1. The van der Waals surface area contributed by atoms with Crippen molar-refractivity contribution in [1.29, 1.82) is 0 Å². The van der Waals surface area contributed by atoms with E-state index >= 15 is 0 Å². The Kier molecular flexibility index (Phi) is 5.12. The second-order valence-electron chi connectivity index (χ2n) is 4.53. The number of aliphatic hydroxyl groups excluding tert-OH is 1. The predicted molar refractivity (Wildman–Crippen MR) is 72.9 cm³/mol. The van der Waals surface area contributed by atoms with Crippen LogP contribution in [0, 0.1) is 0 Å². The van der Waals surface area contributed by atoms with Crippen LogP contribution in [-0.2, 0) is 16.0 Å². The van der Waals surface area contributed by atoms with Crippen LogP contribution in [0.1, 0.15) is 18.5 Å². The van der Waals surface area contributed by atoms with Gasteiger partial charge >= 0.3 is 0 Å². The number of nitrogens with two attached hydrogens (primary N) is 1. The number of rotatable bonds is 5. The summed E-state index contributed by atoms with van der Waals surface area (Å²) in [4.78, 5) is 18.0. The highest BCUT2D eigenvalue weighted by atomic mass is 32.1. The zero-order valence-corrected chi connectivity index (χ0v) is 11.6. The Morgan fingerprint density at radius 3 is 2.89 bits per heavy atom. The molecule has 1 aliphatic rings. The molecule has 19 heavy (non-hydrogen) atoms. The lowest BCUT2D eigenvalue weighted by Crippen LogP contribution is -2.41. The number of carbonyl (C=O) groups excluding carboxylic acids is 1. The fourth-order valence-electron chi connectivity index (χ4n) is 2.16. The Hall–Kier alpha value is -1.18. The number of piperidine rings is 1. The summed E-state index contributed by atoms with van der Waals surface area (Å²) in [7, 11) is 0. The maximum atomic E-state index is 12.1. The molecule has 1 aromatic rings. The maximum Gasteiger partial charge on any atom is 0.228 e. The fraction of sp³-hybridized carbons (Fsp3) is 0.667. The Labute approximate surface area is 116 Å². The average molecular weight is 285 g/mol. The molecule has 106 valence electrons. The Morgan fingerprint density at radius 1 is 1.58 bits per heavy atom. The quantitative estimate of drug-likeness (QED) is 0.810. The first-order valence-electron chi connectivity index (χ1n) is 6.39. The Morgan fingerprint density at radius 2 is 2.32 bits per heavy atom. The molecule has 7 heteroatoms. The first-order valence-corrected chi connectivity index (χ1v) is 7.27. The molecule has 2 rings (SSSR count). The molecule has 0 unspecified atom stereocenters. The van der Waals surface area contributed by atoms with Gasteiger partial charge in [0.25, 0.3) is 0 Å². The fourth-order valence-corrected chi connectivity index (χ4v) is 2.72. The van der Waals surface area contributed by atoms with Crippen molar-refractivity contribution in [3.05, 3.63) is 11.1 Å². The Bertz CT molecular complexity index is 416. The van der Waals surface area contributed by atoms with E-state index in [0.29, 0.717) is 31.2 Å². The summed E-state index contributed by atoms with van der Waals surface area (Å²) in [5.74, 6) is 0.0888. The van der Waals surface area contributed by atoms with Gasteiger partial charge in [-0.15, -0.1) is 11.3 Å². The number of nitrogen functional groups attached to an aromatic ring is 1. The number of nitrogens with zero attached hydrogens (tertiary/aromatic N) is 2. The minimum absolute atomic E-state index is 0.0460. The maximum absolute atomic E-state index is 12.1. The lowest BCUT2D eigenvalue weighted by molar-refractivity contribution is -0.133. The first-order chi connectivity index (χ1) is 9.19. The molecular weight excluding hydrogens is 266 g/mol. The molecule has 0 bridgehead atoms. The molecule has 1 amide bonds. The molecule has 2 heterocycles. The molecule has 0 saturated carbocycles. The van der Waals surface area contributed by atoms with Gasteiger partial charge in [-0.05, 0) is 12.8 Å². The molecular formula is C12H19N3O3S. The number of amides is 1. The second-order valence-corrected chi connectivity index (χ2v) is 5.42. The smallest absolute Gasteiger partial charge is 0.228 e. The van der Waals surface area contributed by atoms with E-state index in [1.165, 1.54) is 11.3 Å². The summed E-state index contributed by atoms with van der Waals surface area (Å²) < 4.78 is 5.47. The lowest BCUT2D eigenvalue weighted by Gasteiger charge is -2.31. The number of hydrogen-bond donors (Lipinski definition) is 2. The first kappa shape index (κ1) is 14.2. The van der Waals surface area contributed by atoms with E-state index in [2.05, 4.69) is 4.98 Å². The standard InChI is InChI=1S/C12H19N3O3S/c13-12-14-9(8-19-12)7-11(17)15-3-1-10(2-4-15)18-6-5-16/h8,10,16H,1-7H2,(H2,13,14). The van der Waals surface area contributed by atoms with Crippen molar-refractivity contribution in [2.24, 2.45) is 0 Å². The van der Waals surface area contributed by atoms with Crippen LogP contribution in [0.2, 0.25) is 0 Å². The van der Waals surface area contributed by atoms with Gasteiger partial charge in [0.15, 0.2) is 5.13 Å². The lowest BCUT2D eigenvalue weighted by atomic mass is 10.1. The largest absolute Gasteiger partial charge is 0.394 e. The summed E-state index contributed by atoms with van der Waals surface area (Å²) in [5, 5.41) is 11.0. The molecule has 3 N–H and O–H groups in total. The van der Waals surface area contributed by atoms with Crippen LogP contribution in [0.25, 0.3) is 0 Å². The predicted octanol–water partition coefficient (Wildman–Crippen LogP) is 0.268. The van der Waals surface area contributed by atoms with Crippen molar-refractivity contribution < 1.29 is 14.6 Å². The highest BCUT2D eigenvalue weighted by Gasteiger charge is 2.23. The molecule has 0 atom stereocenters. The van der Waals surface area contributed by atoms with Gasteiger partial charge in [-0.3, -0.25) is 4.79 Å². The van der Waals surface area contributed by atoms with E-state index in [1.807, 2.05) is 10.3 Å². The van der Waals surface area contributed by atoms with E-state index in [1.54, 1.807) is 0 Å². The van der Waals surface area contributed by atoms with Crippen molar-refractivity contribution in [1.82, 2.24) is 9.88 Å². The molecule has 0 aliphatic carbocycles. The van der Waals surface area contributed by atoms with Gasteiger partial charge in [0.05, 0.1) is 31.4 Å². The molecule has 6 nitrogen and oxygen atoms in total. The monoisotopic (exact) mass is 285 g/mol. The highest BCUT2D eigenvalue weighted by molar-refractivity contribution is 7.13. The number of ether oxygens (including phenoxy) is 1. The number of aromatic nitrogens is 1. The molecule has 1 fully saturated rings. The normalized spacial score (nSPS) is 16.8. The molecule has 0 radical (unpaired) electrons. The third-order valence-corrected chi connectivity index (χ3v) is 3.86. The second kappa shape index (κ2) is 6.83. The van der Waals surface area contributed by atoms with Crippen LogP contribution in [0.4, 0.5) is 5.13 Å².